The summed E-state index contributed by atoms with van der Waals surface area (Å²) in [6.45, 7) is 0.628. The Balaban J connectivity index is 1.57. The summed E-state index contributed by atoms with van der Waals surface area (Å²) in [5.74, 6) is -0.936. The lowest BCUT2D eigenvalue weighted by atomic mass is 10.1. The number of aromatic nitrogens is 2. The van der Waals surface area contributed by atoms with E-state index in [1.807, 2.05) is 42.7 Å². The molecule has 0 aliphatic heterocycles. The molecule has 0 bridgehead atoms. The van der Waals surface area contributed by atoms with E-state index in [1.165, 1.54) is 17.5 Å². The zero-order chi connectivity index (χ0) is 21.8. The SMILES string of the molecule is O=C(O)CN(Sc1cc(Cl)cc(Cl)c1)c1ccc2c(c1)ncn2CCc1ccccc1. The number of benzene rings is 3. The van der Waals surface area contributed by atoms with E-state index in [9.17, 15) is 9.90 Å². The van der Waals surface area contributed by atoms with Crippen LogP contribution in [0.1, 0.15) is 5.56 Å². The first-order valence-electron chi connectivity index (χ1n) is 9.60. The van der Waals surface area contributed by atoms with E-state index in [2.05, 4.69) is 21.7 Å². The summed E-state index contributed by atoms with van der Waals surface area (Å²) in [5, 5.41) is 10.4. The van der Waals surface area contributed by atoms with Crippen LogP contribution in [0.15, 0.2) is 78.0 Å². The molecule has 5 nitrogen and oxygen atoms in total. The molecule has 0 amide bonds. The number of halogens is 2. The number of carboxylic acid groups (broad SMARTS) is 1. The first-order chi connectivity index (χ1) is 15.0. The standard InChI is InChI=1S/C23H19Cl2N3O2S/c24-17-10-18(25)12-20(11-17)31-28(14-23(29)30)19-6-7-22-21(13-19)26-15-27(22)9-8-16-4-2-1-3-5-16/h1-7,10-13,15H,8-9,14H2,(H,29,30). The molecule has 0 aliphatic rings. The summed E-state index contributed by atoms with van der Waals surface area (Å²) >= 11 is 13.5. The molecule has 8 heteroatoms. The van der Waals surface area contributed by atoms with Gasteiger partial charge < -0.3 is 14.0 Å². The van der Waals surface area contributed by atoms with Gasteiger partial charge in [-0.2, -0.15) is 0 Å². The monoisotopic (exact) mass is 471 g/mol. The van der Waals surface area contributed by atoms with Crippen molar-refractivity contribution >= 4 is 57.8 Å². The van der Waals surface area contributed by atoms with Gasteiger partial charge in [0.05, 0.1) is 23.0 Å². The van der Waals surface area contributed by atoms with Gasteiger partial charge >= 0.3 is 5.97 Å². The number of nitrogens with zero attached hydrogens (tertiary/aromatic N) is 3. The number of hydrogen-bond donors (Lipinski definition) is 1. The summed E-state index contributed by atoms with van der Waals surface area (Å²) < 4.78 is 3.80. The lowest BCUT2D eigenvalue weighted by Crippen LogP contribution is -2.22. The van der Waals surface area contributed by atoms with Crippen LogP contribution in [0, 0.1) is 0 Å². The van der Waals surface area contributed by atoms with Gasteiger partial charge in [-0.15, -0.1) is 0 Å². The van der Waals surface area contributed by atoms with E-state index >= 15 is 0 Å². The molecule has 4 aromatic rings. The molecule has 1 aromatic heterocycles. The molecular formula is C23H19Cl2N3O2S. The predicted molar refractivity (Wildman–Crippen MR) is 127 cm³/mol. The van der Waals surface area contributed by atoms with Gasteiger partial charge in [0.2, 0.25) is 0 Å². The summed E-state index contributed by atoms with van der Waals surface area (Å²) in [6, 6.07) is 21.2. The number of aryl methyl sites for hydroxylation is 2. The van der Waals surface area contributed by atoms with Crippen molar-refractivity contribution in [3.05, 3.63) is 88.7 Å². The van der Waals surface area contributed by atoms with Crippen LogP contribution in [0.25, 0.3) is 11.0 Å². The highest BCUT2D eigenvalue weighted by Gasteiger charge is 2.15. The fraction of sp³-hybridized carbons (Fsp3) is 0.130. The molecule has 0 saturated heterocycles. The van der Waals surface area contributed by atoms with Crippen LogP contribution in [-0.4, -0.2) is 27.2 Å². The average molecular weight is 472 g/mol. The zero-order valence-corrected chi connectivity index (χ0v) is 18.7. The van der Waals surface area contributed by atoms with Crippen LogP contribution in [-0.2, 0) is 17.8 Å². The third-order valence-corrected chi connectivity index (χ3v) is 6.15. The molecular weight excluding hydrogens is 453 g/mol. The summed E-state index contributed by atoms with van der Waals surface area (Å²) in [5.41, 5.74) is 3.82. The van der Waals surface area contributed by atoms with Crippen LogP contribution in [0.3, 0.4) is 0 Å². The highest BCUT2D eigenvalue weighted by Crippen LogP contribution is 2.33. The molecule has 0 spiro atoms. The second kappa shape index (κ2) is 9.64. The average Bonchev–Trinajstić information content (AvgIpc) is 3.14. The van der Waals surface area contributed by atoms with Crippen LogP contribution in [0.5, 0.6) is 0 Å². The molecule has 0 saturated carbocycles. The molecule has 4 rings (SSSR count). The van der Waals surface area contributed by atoms with Gasteiger partial charge in [0, 0.05) is 21.5 Å². The van der Waals surface area contributed by atoms with Crippen molar-refractivity contribution in [3.8, 4) is 0 Å². The van der Waals surface area contributed by atoms with Gasteiger partial charge in [0.1, 0.15) is 6.54 Å². The first kappa shape index (κ1) is 21.6. The number of carboxylic acids is 1. The van der Waals surface area contributed by atoms with Crippen LogP contribution >= 0.6 is 35.1 Å². The first-order valence-corrected chi connectivity index (χ1v) is 11.1. The van der Waals surface area contributed by atoms with Crippen molar-refractivity contribution in [2.75, 3.05) is 10.8 Å². The van der Waals surface area contributed by atoms with Gasteiger partial charge in [-0.25, -0.2) is 4.98 Å². The molecule has 158 valence electrons. The van der Waals surface area contributed by atoms with Crippen LogP contribution < -0.4 is 4.31 Å². The topological polar surface area (TPSA) is 58.4 Å². The Morgan fingerprint density at radius 2 is 1.77 bits per heavy atom. The second-order valence-electron chi connectivity index (χ2n) is 6.97. The maximum Gasteiger partial charge on any atom is 0.324 e. The lowest BCUT2D eigenvalue weighted by molar-refractivity contribution is -0.135. The third kappa shape index (κ3) is 5.53. The second-order valence-corrected chi connectivity index (χ2v) is 8.94. The number of carbonyl (C=O) groups is 1. The maximum atomic E-state index is 11.5. The fourth-order valence-electron chi connectivity index (χ4n) is 3.29. The van der Waals surface area contributed by atoms with E-state index in [0.717, 1.165) is 34.6 Å². The molecule has 3 aromatic carbocycles. The predicted octanol–water partition coefficient (Wildman–Crippen LogP) is 6.18. The normalized spacial score (nSPS) is 11.0. The van der Waals surface area contributed by atoms with E-state index in [-0.39, 0.29) is 6.54 Å². The minimum Gasteiger partial charge on any atom is -0.480 e. The highest BCUT2D eigenvalue weighted by atomic mass is 35.5. The summed E-state index contributed by atoms with van der Waals surface area (Å²) in [6.07, 6.45) is 2.73. The third-order valence-electron chi connectivity index (χ3n) is 4.71. The molecule has 0 atom stereocenters. The van der Waals surface area contributed by atoms with Crippen molar-refractivity contribution in [2.45, 2.75) is 17.9 Å². The number of imidazole rings is 1. The van der Waals surface area contributed by atoms with Crippen molar-refractivity contribution in [1.29, 1.82) is 0 Å². The van der Waals surface area contributed by atoms with Gasteiger partial charge in [-0.3, -0.25) is 4.79 Å². The molecule has 0 unspecified atom stereocenters. The minimum absolute atomic E-state index is 0.185. The number of anilines is 1. The molecule has 1 heterocycles. The zero-order valence-electron chi connectivity index (χ0n) is 16.4. The fourth-order valence-corrected chi connectivity index (χ4v) is 4.95. The van der Waals surface area contributed by atoms with Crippen molar-refractivity contribution in [1.82, 2.24) is 9.55 Å². The number of rotatable bonds is 8. The van der Waals surface area contributed by atoms with E-state index in [4.69, 9.17) is 23.2 Å². The van der Waals surface area contributed by atoms with E-state index in [0.29, 0.717) is 10.0 Å². The Morgan fingerprint density at radius 3 is 2.48 bits per heavy atom. The van der Waals surface area contributed by atoms with Crippen LogP contribution in [0.4, 0.5) is 5.69 Å². The highest BCUT2D eigenvalue weighted by molar-refractivity contribution is 8.00. The number of fused-ring (bicyclic) bond motifs is 1. The quantitative estimate of drug-likeness (QED) is 0.310. The molecule has 0 aliphatic carbocycles. The lowest BCUT2D eigenvalue weighted by Gasteiger charge is -2.21. The summed E-state index contributed by atoms with van der Waals surface area (Å²) in [7, 11) is 0. The van der Waals surface area contributed by atoms with Crippen LogP contribution in [0.2, 0.25) is 10.0 Å². The Hall–Kier alpha value is -2.67. The van der Waals surface area contributed by atoms with Crippen molar-refractivity contribution in [3.63, 3.8) is 0 Å². The Bertz CT molecular complexity index is 1190. The number of aliphatic carboxylic acids is 1. The van der Waals surface area contributed by atoms with Gasteiger partial charge in [-0.1, -0.05) is 53.5 Å². The van der Waals surface area contributed by atoms with E-state index < -0.39 is 5.97 Å². The molecule has 0 radical (unpaired) electrons. The van der Waals surface area contributed by atoms with Gasteiger partial charge in [-0.05, 0) is 60.3 Å². The van der Waals surface area contributed by atoms with Gasteiger partial charge in [0.25, 0.3) is 0 Å². The Kier molecular flexibility index (Phi) is 6.70. The molecule has 0 fully saturated rings. The summed E-state index contributed by atoms with van der Waals surface area (Å²) in [4.78, 5) is 16.8. The number of hydrogen-bond acceptors (Lipinski definition) is 4. The molecule has 31 heavy (non-hydrogen) atoms. The molecule has 1 N–H and O–H groups in total. The largest absolute Gasteiger partial charge is 0.480 e. The van der Waals surface area contributed by atoms with Gasteiger partial charge in [0.15, 0.2) is 0 Å². The minimum atomic E-state index is -0.936. The maximum absolute atomic E-state index is 11.5. The van der Waals surface area contributed by atoms with Crippen molar-refractivity contribution < 1.29 is 9.90 Å². The smallest absolute Gasteiger partial charge is 0.324 e. The Labute approximate surface area is 194 Å². The van der Waals surface area contributed by atoms with Crippen molar-refractivity contribution in [2.24, 2.45) is 0 Å². The Morgan fingerprint density at radius 1 is 1.03 bits per heavy atom. The van der Waals surface area contributed by atoms with E-state index in [1.54, 1.807) is 22.5 Å².